The van der Waals surface area contributed by atoms with Crippen molar-refractivity contribution >= 4 is 34.7 Å². The van der Waals surface area contributed by atoms with Crippen LogP contribution < -0.4 is 22.3 Å². The van der Waals surface area contributed by atoms with Gasteiger partial charge in [-0.25, -0.2) is 9.97 Å². The maximum atomic E-state index is 12.9. The van der Waals surface area contributed by atoms with Crippen LogP contribution in [0.4, 0.5) is 11.6 Å². The van der Waals surface area contributed by atoms with Crippen molar-refractivity contribution in [3.63, 3.8) is 0 Å². The SMILES string of the molecule is Nc1nc2ncc(CNc3ccc(C(=O)N4C=CC=CC4(N)CC(=O)O)cc3)nc2c(=O)[nH]1. The molecule has 1 atom stereocenters. The molecule has 0 saturated carbocycles. The number of carboxylic acids is 1. The number of allylic oxidation sites excluding steroid dienone is 2. The first kappa shape index (κ1) is 21.6. The van der Waals surface area contributed by atoms with Crippen molar-refractivity contribution < 1.29 is 14.7 Å². The van der Waals surface area contributed by atoms with Crippen LogP contribution in [0.1, 0.15) is 22.5 Å². The molecule has 0 fully saturated rings. The van der Waals surface area contributed by atoms with Gasteiger partial charge in [0.25, 0.3) is 11.5 Å². The Labute approximate surface area is 186 Å². The quantitative estimate of drug-likeness (QED) is 0.356. The molecule has 12 nitrogen and oxygen atoms in total. The molecule has 0 saturated heterocycles. The van der Waals surface area contributed by atoms with Gasteiger partial charge in [-0.3, -0.25) is 24.3 Å². The molecule has 1 unspecified atom stereocenters. The minimum absolute atomic E-state index is 0.0341. The number of anilines is 2. The molecule has 0 bridgehead atoms. The van der Waals surface area contributed by atoms with E-state index in [1.807, 2.05) is 0 Å². The minimum Gasteiger partial charge on any atom is -0.481 e. The van der Waals surface area contributed by atoms with Crippen LogP contribution >= 0.6 is 0 Å². The van der Waals surface area contributed by atoms with Gasteiger partial charge in [0, 0.05) is 17.5 Å². The Morgan fingerprint density at radius 1 is 1.18 bits per heavy atom. The maximum absolute atomic E-state index is 12.9. The fourth-order valence-corrected chi connectivity index (χ4v) is 3.34. The highest BCUT2D eigenvalue weighted by atomic mass is 16.4. The number of nitrogens with two attached hydrogens (primary N) is 2. The molecule has 1 aromatic carbocycles. The lowest BCUT2D eigenvalue weighted by atomic mass is 10.0. The van der Waals surface area contributed by atoms with Gasteiger partial charge in [-0.2, -0.15) is 4.98 Å². The zero-order valence-corrected chi connectivity index (χ0v) is 17.2. The van der Waals surface area contributed by atoms with E-state index in [-0.39, 0.29) is 23.7 Å². The van der Waals surface area contributed by atoms with Gasteiger partial charge in [-0.05, 0) is 36.4 Å². The highest BCUT2D eigenvalue weighted by Crippen LogP contribution is 2.23. The van der Waals surface area contributed by atoms with Gasteiger partial charge in [0.2, 0.25) is 5.95 Å². The zero-order valence-electron chi connectivity index (χ0n) is 17.2. The molecule has 4 rings (SSSR count). The molecule has 3 heterocycles. The third-order valence-corrected chi connectivity index (χ3v) is 4.92. The van der Waals surface area contributed by atoms with Crippen LogP contribution in [-0.2, 0) is 11.3 Å². The molecule has 0 radical (unpaired) electrons. The van der Waals surface area contributed by atoms with E-state index < -0.39 is 29.5 Å². The number of aromatic amines is 1. The Bertz CT molecular complexity index is 1350. The van der Waals surface area contributed by atoms with E-state index in [4.69, 9.17) is 16.6 Å². The Morgan fingerprint density at radius 2 is 1.94 bits per heavy atom. The third kappa shape index (κ3) is 4.55. The first-order valence-corrected chi connectivity index (χ1v) is 9.81. The minimum atomic E-state index is -1.46. The first-order valence-electron chi connectivity index (χ1n) is 9.81. The van der Waals surface area contributed by atoms with Gasteiger partial charge in [0.05, 0.1) is 24.9 Å². The molecule has 2 aromatic heterocycles. The van der Waals surface area contributed by atoms with Crippen LogP contribution in [0.25, 0.3) is 11.2 Å². The number of carbonyl (C=O) groups is 2. The third-order valence-electron chi connectivity index (χ3n) is 4.92. The summed E-state index contributed by atoms with van der Waals surface area (Å²) in [4.78, 5) is 52.0. The summed E-state index contributed by atoms with van der Waals surface area (Å²) in [6.45, 7) is 0.268. The van der Waals surface area contributed by atoms with Gasteiger partial charge in [-0.15, -0.1) is 0 Å². The van der Waals surface area contributed by atoms with Crippen molar-refractivity contribution in [1.29, 1.82) is 0 Å². The summed E-state index contributed by atoms with van der Waals surface area (Å²) in [5.41, 5.74) is 11.5. The number of carbonyl (C=O) groups excluding carboxylic acids is 1. The summed E-state index contributed by atoms with van der Waals surface area (Å²) in [5.74, 6) is -1.58. The number of nitrogen functional groups attached to an aromatic ring is 1. The number of hydrogen-bond donors (Lipinski definition) is 5. The molecule has 1 aliphatic rings. The monoisotopic (exact) mass is 448 g/mol. The number of aromatic nitrogens is 4. The number of benzene rings is 1. The molecule has 168 valence electrons. The second-order valence-electron chi connectivity index (χ2n) is 7.35. The number of hydrogen-bond acceptors (Lipinski definition) is 9. The number of nitrogens with zero attached hydrogens (tertiary/aromatic N) is 4. The van der Waals surface area contributed by atoms with Crippen LogP contribution in [0.15, 0.2) is 59.7 Å². The van der Waals surface area contributed by atoms with E-state index in [9.17, 15) is 14.4 Å². The lowest BCUT2D eigenvalue weighted by Gasteiger charge is -2.37. The lowest BCUT2D eigenvalue weighted by Crippen LogP contribution is -2.56. The van der Waals surface area contributed by atoms with Crippen LogP contribution in [0.3, 0.4) is 0 Å². The average molecular weight is 448 g/mol. The Morgan fingerprint density at radius 3 is 2.67 bits per heavy atom. The second kappa shape index (κ2) is 8.51. The molecule has 12 heteroatoms. The lowest BCUT2D eigenvalue weighted by molar-refractivity contribution is -0.138. The van der Waals surface area contributed by atoms with Crippen LogP contribution in [-0.4, -0.2) is 47.5 Å². The molecule has 3 aromatic rings. The van der Waals surface area contributed by atoms with Crippen molar-refractivity contribution in [3.05, 3.63) is 76.5 Å². The van der Waals surface area contributed by atoms with Crippen LogP contribution in [0.5, 0.6) is 0 Å². The molecule has 33 heavy (non-hydrogen) atoms. The highest BCUT2D eigenvalue weighted by molar-refractivity contribution is 5.96. The molecule has 0 aliphatic carbocycles. The highest BCUT2D eigenvalue weighted by Gasteiger charge is 2.36. The van der Waals surface area contributed by atoms with Gasteiger partial charge in [0.15, 0.2) is 11.2 Å². The van der Waals surface area contributed by atoms with E-state index in [1.165, 1.54) is 23.4 Å². The summed E-state index contributed by atoms with van der Waals surface area (Å²) in [7, 11) is 0. The Balaban J connectivity index is 1.46. The molecule has 0 spiro atoms. The molecular weight excluding hydrogens is 428 g/mol. The van der Waals surface area contributed by atoms with E-state index in [0.29, 0.717) is 16.9 Å². The largest absolute Gasteiger partial charge is 0.481 e. The molecule has 1 aliphatic heterocycles. The number of rotatable bonds is 6. The standard InChI is InChI=1S/C21H20N8O4/c22-20-27-17-16(18(32)28-20)26-14(11-25-17)10-24-13-5-3-12(4-6-13)19(33)29-8-2-1-7-21(29,23)9-15(30)31/h1-8,11,24H,9-10,23H2,(H,30,31)(H3,22,25,27,28,32). The fraction of sp³-hybridized carbons (Fsp3) is 0.143. The van der Waals surface area contributed by atoms with E-state index in [0.717, 1.165) is 0 Å². The second-order valence-corrected chi connectivity index (χ2v) is 7.35. The summed E-state index contributed by atoms with van der Waals surface area (Å²) in [6, 6.07) is 6.58. The van der Waals surface area contributed by atoms with E-state index in [1.54, 1.807) is 36.4 Å². The predicted molar refractivity (Wildman–Crippen MR) is 120 cm³/mol. The number of H-pyrrole nitrogens is 1. The summed E-state index contributed by atoms with van der Waals surface area (Å²) >= 11 is 0. The average Bonchev–Trinajstić information content (AvgIpc) is 2.77. The first-order chi connectivity index (χ1) is 15.7. The van der Waals surface area contributed by atoms with Crippen molar-refractivity contribution in [2.75, 3.05) is 11.1 Å². The Hall–Kier alpha value is -4.58. The number of amides is 1. The van der Waals surface area contributed by atoms with E-state index in [2.05, 4.69) is 25.3 Å². The number of nitrogens with one attached hydrogen (secondary N) is 2. The summed E-state index contributed by atoms with van der Waals surface area (Å²) in [6.07, 6.45) is 7.21. The fourth-order valence-electron chi connectivity index (χ4n) is 3.34. The molecule has 1 amide bonds. The van der Waals surface area contributed by atoms with Crippen LogP contribution in [0, 0.1) is 0 Å². The van der Waals surface area contributed by atoms with Crippen LogP contribution in [0.2, 0.25) is 0 Å². The maximum Gasteiger partial charge on any atom is 0.307 e. The summed E-state index contributed by atoms with van der Waals surface area (Å²) < 4.78 is 0. The van der Waals surface area contributed by atoms with Crippen molar-refractivity contribution in [2.45, 2.75) is 18.6 Å². The summed E-state index contributed by atoms with van der Waals surface area (Å²) in [5, 5.41) is 12.3. The van der Waals surface area contributed by atoms with Gasteiger partial charge < -0.3 is 21.9 Å². The van der Waals surface area contributed by atoms with E-state index >= 15 is 0 Å². The van der Waals surface area contributed by atoms with Crippen molar-refractivity contribution in [3.8, 4) is 0 Å². The smallest absolute Gasteiger partial charge is 0.307 e. The number of aliphatic carboxylic acids is 1. The van der Waals surface area contributed by atoms with Crippen molar-refractivity contribution in [2.24, 2.45) is 5.73 Å². The van der Waals surface area contributed by atoms with Gasteiger partial charge >= 0.3 is 5.97 Å². The van der Waals surface area contributed by atoms with Crippen molar-refractivity contribution in [1.82, 2.24) is 24.8 Å². The number of carboxylic acid groups (broad SMARTS) is 1. The van der Waals surface area contributed by atoms with Gasteiger partial charge in [-0.1, -0.05) is 6.08 Å². The predicted octanol–water partition coefficient (Wildman–Crippen LogP) is 0.563. The topological polar surface area (TPSA) is 193 Å². The normalized spacial score (nSPS) is 17.3. The number of fused-ring (bicyclic) bond motifs is 1. The molecular formula is C21H20N8O4. The zero-order chi connectivity index (χ0) is 23.6. The molecule has 7 N–H and O–H groups in total. The Kier molecular flexibility index (Phi) is 5.58. The van der Waals surface area contributed by atoms with Gasteiger partial charge in [0.1, 0.15) is 5.66 Å².